The largest absolute Gasteiger partial charge is 0.338 e. The minimum Gasteiger partial charge on any atom is -0.338 e. The van der Waals surface area contributed by atoms with Crippen LogP contribution in [0.2, 0.25) is 0 Å². The van der Waals surface area contributed by atoms with E-state index >= 15 is 0 Å². The Hall–Kier alpha value is -4.34. The third kappa shape index (κ3) is 4.29. The lowest BCUT2D eigenvalue weighted by molar-refractivity contribution is -0.115. The lowest BCUT2D eigenvalue weighted by atomic mass is 9.92. The number of anilines is 1. The summed E-state index contributed by atoms with van der Waals surface area (Å²) in [6.45, 7) is 6.07. The third-order valence-electron chi connectivity index (χ3n) is 5.42. The highest BCUT2D eigenvalue weighted by molar-refractivity contribution is 5.90. The second kappa shape index (κ2) is 8.22. The zero-order valence-electron chi connectivity index (χ0n) is 19.4. The van der Waals surface area contributed by atoms with Gasteiger partial charge in [0.1, 0.15) is 12.2 Å². The van der Waals surface area contributed by atoms with Crippen molar-refractivity contribution in [2.45, 2.75) is 32.6 Å². The van der Waals surface area contributed by atoms with Crippen LogP contribution < -0.4 is 5.32 Å². The van der Waals surface area contributed by atoms with Crippen molar-refractivity contribution in [3.05, 3.63) is 66.9 Å². The smallest absolute Gasteiger partial charge is 0.234 e. The summed E-state index contributed by atoms with van der Waals surface area (Å²) in [6.07, 6.45) is 8.90. The summed E-state index contributed by atoms with van der Waals surface area (Å²) in [7, 11) is 1.89. The quantitative estimate of drug-likeness (QED) is 0.429. The predicted molar refractivity (Wildman–Crippen MR) is 126 cm³/mol. The predicted octanol–water partition coefficient (Wildman–Crippen LogP) is 3.68. The molecule has 1 amide bonds. The van der Waals surface area contributed by atoms with Crippen LogP contribution in [0.1, 0.15) is 32.3 Å². The maximum Gasteiger partial charge on any atom is 0.234 e. The van der Waals surface area contributed by atoms with Gasteiger partial charge in [0.15, 0.2) is 0 Å². The monoisotopic (exact) mass is 456 g/mol. The zero-order valence-corrected chi connectivity index (χ0v) is 19.4. The molecule has 10 nitrogen and oxygen atoms in total. The molecule has 4 aromatic heterocycles. The molecule has 0 saturated heterocycles. The van der Waals surface area contributed by atoms with Gasteiger partial charge in [-0.05, 0) is 17.7 Å². The van der Waals surface area contributed by atoms with E-state index in [2.05, 4.69) is 30.5 Å². The van der Waals surface area contributed by atoms with E-state index in [0.29, 0.717) is 11.7 Å². The Morgan fingerprint density at radius 3 is 2.53 bits per heavy atom. The molecule has 0 spiro atoms. The highest BCUT2D eigenvalue weighted by Gasteiger charge is 2.20. The second-order valence-corrected chi connectivity index (χ2v) is 9.13. The number of imidazole rings is 1. The minimum absolute atomic E-state index is 0.0188. The summed E-state index contributed by atoms with van der Waals surface area (Å²) in [5.74, 6) is 0.433. The lowest BCUT2D eigenvalue weighted by Gasteiger charge is -2.12. The normalized spacial score (nSPS) is 11.8. The van der Waals surface area contributed by atoms with Gasteiger partial charge in [-0.3, -0.25) is 19.4 Å². The van der Waals surface area contributed by atoms with Crippen molar-refractivity contribution in [2.24, 2.45) is 7.05 Å². The van der Waals surface area contributed by atoms with E-state index in [-0.39, 0.29) is 17.7 Å². The number of carbonyl (C=O) groups excluding carboxylic acids is 1. The standard InChI is InChI=1S/C24H24N8O2/c1-24(2,3)20-8-23(34-30-20)29-22(33)9-21-25-11-17(12-26-21)32-14-27-18-7-15(5-6-19(18)32)16-10-28-31(4)13-16/h5-8,10-14H,9H2,1-4H3,(H,29,33). The summed E-state index contributed by atoms with van der Waals surface area (Å²) in [5.41, 5.74) is 5.22. The number of nitrogens with zero attached hydrogens (tertiary/aromatic N) is 7. The number of nitrogens with one attached hydrogen (secondary N) is 1. The number of fused-ring (bicyclic) bond motifs is 1. The van der Waals surface area contributed by atoms with Gasteiger partial charge in [-0.25, -0.2) is 15.0 Å². The molecule has 10 heteroatoms. The maximum atomic E-state index is 12.4. The van der Waals surface area contributed by atoms with Gasteiger partial charge in [0.05, 0.1) is 47.4 Å². The molecule has 0 aliphatic carbocycles. The van der Waals surface area contributed by atoms with E-state index in [1.165, 1.54) is 0 Å². The Morgan fingerprint density at radius 2 is 1.85 bits per heavy atom. The molecule has 5 aromatic rings. The van der Waals surface area contributed by atoms with Gasteiger partial charge in [-0.1, -0.05) is 32.0 Å². The fraction of sp³-hybridized carbons (Fsp3) is 0.250. The molecule has 1 N–H and O–H groups in total. The molecule has 0 fully saturated rings. The number of aryl methyl sites for hydroxylation is 1. The van der Waals surface area contributed by atoms with Crippen molar-refractivity contribution in [2.75, 3.05) is 5.32 Å². The van der Waals surface area contributed by atoms with Crippen LogP contribution in [-0.4, -0.2) is 40.4 Å². The number of carbonyl (C=O) groups is 1. The average Bonchev–Trinajstić information content (AvgIpc) is 3.53. The van der Waals surface area contributed by atoms with E-state index in [4.69, 9.17) is 4.52 Å². The van der Waals surface area contributed by atoms with E-state index in [9.17, 15) is 4.79 Å². The number of hydrogen-bond donors (Lipinski definition) is 1. The topological polar surface area (TPSA) is 117 Å². The van der Waals surface area contributed by atoms with Crippen LogP contribution in [0.4, 0.5) is 5.88 Å². The molecular formula is C24H24N8O2. The molecule has 0 radical (unpaired) electrons. The van der Waals surface area contributed by atoms with Gasteiger partial charge < -0.3 is 4.52 Å². The Labute approximate surface area is 195 Å². The molecule has 34 heavy (non-hydrogen) atoms. The lowest BCUT2D eigenvalue weighted by Crippen LogP contribution is -2.16. The van der Waals surface area contributed by atoms with E-state index in [0.717, 1.165) is 33.5 Å². The summed E-state index contributed by atoms with van der Waals surface area (Å²) in [6, 6.07) is 7.80. The molecule has 172 valence electrons. The molecule has 0 bridgehead atoms. The highest BCUT2D eigenvalue weighted by Crippen LogP contribution is 2.25. The Bertz CT molecular complexity index is 1470. The summed E-state index contributed by atoms with van der Waals surface area (Å²) in [4.78, 5) is 25.6. The van der Waals surface area contributed by atoms with Crippen molar-refractivity contribution in [3.63, 3.8) is 0 Å². The first-order valence-electron chi connectivity index (χ1n) is 10.8. The molecule has 0 unspecified atom stereocenters. The number of amides is 1. The number of rotatable bonds is 5. The van der Waals surface area contributed by atoms with Gasteiger partial charge in [0.25, 0.3) is 0 Å². The molecule has 5 rings (SSSR count). The van der Waals surface area contributed by atoms with Gasteiger partial charge in [0.2, 0.25) is 11.8 Å². The fourth-order valence-corrected chi connectivity index (χ4v) is 3.54. The van der Waals surface area contributed by atoms with E-state index < -0.39 is 0 Å². The van der Waals surface area contributed by atoms with Crippen molar-refractivity contribution < 1.29 is 9.32 Å². The van der Waals surface area contributed by atoms with E-state index in [1.807, 2.05) is 63.0 Å². The van der Waals surface area contributed by atoms with Crippen molar-refractivity contribution >= 4 is 22.8 Å². The average molecular weight is 457 g/mol. The highest BCUT2D eigenvalue weighted by atomic mass is 16.5. The first kappa shape index (κ1) is 21.5. The second-order valence-electron chi connectivity index (χ2n) is 9.13. The molecule has 0 aliphatic rings. The molecular weight excluding hydrogens is 432 g/mol. The summed E-state index contributed by atoms with van der Waals surface area (Å²) in [5, 5.41) is 10.9. The molecule has 0 aliphatic heterocycles. The van der Waals surface area contributed by atoms with Crippen LogP contribution in [0.3, 0.4) is 0 Å². The van der Waals surface area contributed by atoms with Gasteiger partial charge >= 0.3 is 0 Å². The van der Waals surface area contributed by atoms with Gasteiger partial charge in [-0.15, -0.1) is 0 Å². The first-order chi connectivity index (χ1) is 16.3. The van der Waals surface area contributed by atoms with Crippen LogP contribution in [0.25, 0.3) is 27.8 Å². The third-order valence-corrected chi connectivity index (χ3v) is 5.42. The molecule has 1 aromatic carbocycles. The zero-order chi connectivity index (χ0) is 23.9. The maximum absolute atomic E-state index is 12.4. The number of aromatic nitrogens is 7. The van der Waals surface area contributed by atoms with Crippen LogP contribution in [0.5, 0.6) is 0 Å². The molecule has 4 heterocycles. The Kier molecular flexibility index (Phi) is 5.20. The SMILES string of the molecule is Cn1cc(-c2ccc3c(c2)ncn3-c2cnc(CC(=O)Nc3cc(C(C)(C)C)no3)nc2)cn1. The number of benzene rings is 1. The molecule has 0 atom stereocenters. The Morgan fingerprint density at radius 1 is 1.06 bits per heavy atom. The summed E-state index contributed by atoms with van der Waals surface area (Å²) < 4.78 is 8.89. The van der Waals surface area contributed by atoms with Gasteiger partial charge in [0, 0.05) is 30.3 Å². The first-order valence-corrected chi connectivity index (χ1v) is 10.8. The summed E-state index contributed by atoms with van der Waals surface area (Å²) >= 11 is 0. The minimum atomic E-state index is -0.277. The molecule has 0 saturated carbocycles. The fourth-order valence-electron chi connectivity index (χ4n) is 3.54. The van der Waals surface area contributed by atoms with Gasteiger partial charge in [-0.2, -0.15) is 5.10 Å². The van der Waals surface area contributed by atoms with Crippen molar-refractivity contribution in [1.29, 1.82) is 0 Å². The van der Waals surface area contributed by atoms with Crippen LogP contribution in [0, 0.1) is 0 Å². The van der Waals surface area contributed by atoms with Crippen LogP contribution in [-0.2, 0) is 23.7 Å². The van der Waals surface area contributed by atoms with Crippen molar-refractivity contribution in [3.8, 4) is 16.8 Å². The Balaban J connectivity index is 1.29. The number of hydrogen-bond acceptors (Lipinski definition) is 7. The van der Waals surface area contributed by atoms with E-state index in [1.54, 1.807) is 29.5 Å². The van der Waals surface area contributed by atoms with Crippen LogP contribution in [0.15, 0.2) is 59.9 Å². The van der Waals surface area contributed by atoms with Crippen LogP contribution >= 0.6 is 0 Å². The van der Waals surface area contributed by atoms with Crippen molar-refractivity contribution in [1.82, 2.24) is 34.5 Å².